The van der Waals surface area contributed by atoms with Gasteiger partial charge in [-0.2, -0.15) is 0 Å². The minimum atomic E-state index is 0.442. The normalized spacial score (nSPS) is 29.9. The summed E-state index contributed by atoms with van der Waals surface area (Å²) in [7, 11) is 0. The first kappa shape index (κ1) is 10.8. The second kappa shape index (κ2) is 4.83. The Morgan fingerprint density at radius 2 is 1.92 bits per heavy atom. The van der Waals surface area contributed by atoms with Crippen molar-refractivity contribution < 1.29 is 0 Å². The lowest BCUT2D eigenvalue weighted by Crippen LogP contribution is -2.08. The smallest absolute Gasteiger partial charge is 0.0175 e. The molecule has 13 heavy (non-hydrogen) atoms. The van der Waals surface area contributed by atoms with Crippen LogP contribution in [0.4, 0.5) is 0 Å². The molecule has 0 aromatic rings. The van der Waals surface area contributed by atoms with Crippen molar-refractivity contribution in [2.24, 2.45) is 11.3 Å². The van der Waals surface area contributed by atoms with Crippen molar-refractivity contribution >= 4 is 0 Å². The Bertz CT molecular complexity index is 165. The maximum Gasteiger partial charge on any atom is -0.0175 e. The highest BCUT2D eigenvalue weighted by atomic mass is 14.2. The highest BCUT2D eigenvalue weighted by molar-refractivity contribution is 4.95. The van der Waals surface area contributed by atoms with E-state index in [4.69, 9.17) is 0 Å². The molecule has 0 heteroatoms. The molecule has 0 bridgehead atoms. The van der Waals surface area contributed by atoms with Crippen molar-refractivity contribution in [3.05, 3.63) is 12.2 Å². The molecule has 0 amide bonds. The molecule has 0 saturated carbocycles. The minimum Gasteiger partial charge on any atom is -0.0877 e. The Kier molecular flexibility index (Phi) is 4.02. The fourth-order valence-electron chi connectivity index (χ4n) is 2.07. The molecular formula is C13H24. The van der Waals surface area contributed by atoms with Crippen LogP contribution in [-0.2, 0) is 0 Å². The fourth-order valence-corrected chi connectivity index (χ4v) is 2.07. The molecule has 1 atom stereocenters. The molecule has 0 spiro atoms. The lowest BCUT2D eigenvalue weighted by Gasteiger charge is -2.22. The Morgan fingerprint density at radius 1 is 1.15 bits per heavy atom. The van der Waals surface area contributed by atoms with Crippen molar-refractivity contribution in [2.45, 2.75) is 59.3 Å². The van der Waals surface area contributed by atoms with Crippen molar-refractivity contribution in [1.82, 2.24) is 0 Å². The highest BCUT2D eigenvalue weighted by Gasteiger charge is 2.14. The van der Waals surface area contributed by atoms with Crippen LogP contribution in [0.15, 0.2) is 12.2 Å². The van der Waals surface area contributed by atoms with E-state index >= 15 is 0 Å². The van der Waals surface area contributed by atoms with Crippen LogP contribution in [0.2, 0.25) is 0 Å². The molecule has 76 valence electrons. The van der Waals surface area contributed by atoms with Crippen LogP contribution in [0.3, 0.4) is 0 Å². The molecule has 1 rings (SSSR count). The average Bonchev–Trinajstić information content (AvgIpc) is 2.02. The summed E-state index contributed by atoms with van der Waals surface area (Å²) in [6, 6.07) is 0. The molecule has 0 fully saturated rings. The van der Waals surface area contributed by atoms with E-state index in [0.29, 0.717) is 5.41 Å². The van der Waals surface area contributed by atoms with Gasteiger partial charge in [0, 0.05) is 0 Å². The number of allylic oxidation sites excluding steroid dienone is 2. The molecule has 0 saturated heterocycles. The summed E-state index contributed by atoms with van der Waals surface area (Å²) in [5.41, 5.74) is 0.442. The summed E-state index contributed by atoms with van der Waals surface area (Å²) in [6.07, 6.45) is 13.2. The maximum absolute atomic E-state index is 2.43. The van der Waals surface area contributed by atoms with Crippen LogP contribution < -0.4 is 0 Å². The van der Waals surface area contributed by atoms with Crippen LogP contribution in [0, 0.1) is 11.3 Å². The summed E-state index contributed by atoms with van der Waals surface area (Å²) < 4.78 is 0. The monoisotopic (exact) mass is 180 g/mol. The SMILES string of the molecule is CC1CC=CC(C)(C)CCCCC1. The molecule has 1 aliphatic rings. The van der Waals surface area contributed by atoms with Gasteiger partial charge in [-0.3, -0.25) is 0 Å². The third-order valence-electron chi connectivity index (χ3n) is 3.13. The van der Waals surface area contributed by atoms with Gasteiger partial charge in [-0.05, 0) is 24.2 Å². The second-order valence-electron chi connectivity index (χ2n) is 5.33. The number of hydrogen-bond acceptors (Lipinski definition) is 0. The molecule has 0 heterocycles. The van der Waals surface area contributed by atoms with Gasteiger partial charge in [0.25, 0.3) is 0 Å². The number of rotatable bonds is 0. The first-order valence-corrected chi connectivity index (χ1v) is 5.78. The molecule has 0 radical (unpaired) electrons. The zero-order chi connectivity index (χ0) is 9.73. The molecule has 1 aliphatic carbocycles. The Morgan fingerprint density at radius 3 is 2.69 bits per heavy atom. The van der Waals surface area contributed by atoms with E-state index in [0.717, 1.165) is 5.92 Å². The van der Waals surface area contributed by atoms with Crippen molar-refractivity contribution in [2.75, 3.05) is 0 Å². The summed E-state index contributed by atoms with van der Waals surface area (Å²) in [5, 5.41) is 0. The highest BCUT2D eigenvalue weighted by Crippen LogP contribution is 2.28. The van der Waals surface area contributed by atoms with E-state index in [1.54, 1.807) is 0 Å². The number of hydrogen-bond donors (Lipinski definition) is 0. The molecular weight excluding hydrogens is 156 g/mol. The molecule has 1 unspecified atom stereocenters. The van der Waals surface area contributed by atoms with E-state index in [1.165, 1.54) is 38.5 Å². The Hall–Kier alpha value is -0.260. The van der Waals surface area contributed by atoms with E-state index in [1.807, 2.05) is 0 Å². The minimum absolute atomic E-state index is 0.442. The van der Waals surface area contributed by atoms with Gasteiger partial charge in [0.1, 0.15) is 0 Å². The van der Waals surface area contributed by atoms with E-state index in [9.17, 15) is 0 Å². The van der Waals surface area contributed by atoms with Crippen LogP contribution in [-0.4, -0.2) is 0 Å². The first-order chi connectivity index (χ1) is 6.10. The lowest BCUT2D eigenvalue weighted by molar-refractivity contribution is 0.389. The van der Waals surface area contributed by atoms with Gasteiger partial charge in [0.15, 0.2) is 0 Å². The zero-order valence-electron chi connectivity index (χ0n) is 9.47. The fraction of sp³-hybridized carbons (Fsp3) is 0.846. The predicted molar refractivity (Wildman–Crippen MR) is 59.8 cm³/mol. The molecule has 0 aromatic carbocycles. The zero-order valence-corrected chi connectivity index (χ0v) is 9.47. The summed E-state index contributed by atoms with van der Waals surface area (Å²) in [5.74, 6) is 0.894. The summed E-state index contributed by atoms with van der Waals surface area (Å²) in [4.78, 5) is 0. The van der Waals surface area contributed by atoms with Crippen LogP contribution in [0.25, 0.3) is 0 Å². The van der Waals surface area contributed by atoms with Crippen molar-refractivity contribution in [1.29, 1.82) is 0 Å². The standard InChI is InChI=1S/C13H24/c1-12-8-5-4-6-10-13(2,3)11-7-9-12/h7,11-12H,4-6,8-10H2,1-3H3. The van der Waals surface area contributed by atoms with Crippen LogP contribution in [0.1, 0.15) is 59.3 Å². The average molecular weight is 180 g/mol. The predicted octanol–water partition coefficient (Wildman–Crippen LogP) is 4.56. The second-order valence-corrected chi connectivity index (χ2v) is 5.33. The quantitative estimate of drug-likeness (QED) is 0.479. The Balaban J connectivity index is 2.50. The van der Waals surface area contributed by atoms with E-state index in [-0.39, 0.29) is 0 Å². The lowest BCUT2D eigenvalue weighted by atomic mass is 9.84. The Labute approximate surface area is 83.4 Å². The largest absolute Gasteiger partial charge is 0.0877 e. The van der Waals surface area contributed by atoms with Crippen molar-refractivity contribution in [3.63, 3.8) is 0 Å². The van der Waals surface area contributed by atoms with Gasteiger partial charge in [0.2, 0.25) is 0 Å². The topological polar surface area (TPSA) is 0 Å². The van der Waals surface area contributed by atoms with Crippen LogP contribution in [0.5, 0.6) is 0 Å². The third-order valence-corrected chi connectivity index (χ3v) is 3.13. The maximum atomic E-state index is 2.43. The van der Waals surface area contributed by atoms with Gasteiger partial charge >= 0.3 is 0 Å². The third kappa shape index (κ3) is 4.50. The van der Waals surface area contributed by atoms with E-state index in [2.05, 4.69) is 32.9 Å². The van der Waals surface area contributed by atoms with Crippen molar-refractivity contribution in [3.8, 4) is 0 Å². The summed E-state index contributed by atoms with van der Waals surface area (Å²) in [6.45, 7) is 7.09. The van der Waals surface area contributed by atoms with Gasteiger partial charge in [-0.15, -0.1) is 0 Å². The van der Waals surface area contributed by atoms with Gasteiger partial charge in [-0.1, -0.05) is 58.6 Å². The molecule has 0 aliphatic heterocycles. The van der Waals surface area contributed by atoms with Gasteiger partial charge < -0.3 is 0 Å². The molecule has 0 nitrogen and oxygen atoms in total. The molecule has 0 N–H and O–H groups in total. The summed E-state index contributed by atoms with van der Waals surface area (Å²) >= 11 is 0. The molecule has 0 aromatic heterocycles. The van der Waals surface area contributed by atoms with E-state index < -0.39 is 0 Å². The van der Waals surface area contributed by atoms with Gasteiger partial charge in [-0.25, -0.2) is 0 Å². The first-order valence-electron chi connectivity index (χ1n) is 5.78. The van der Waals surface area contributed by atoms with Crippen LogP contribution >= 0.6 is 0 Å². The van der Waals surface area contributed by atoms with Gasteiger partial charge in [0.05, 0.1) is 0 Å².